The summed E-state index contributed by atoms with van der Waals surface area (Å²) in [4.78, 5) is 36.7. The van der Waals surface area contributed by atoms with Crippen LogP contribution in [-0.2, 0) is 30.9 Å². The summed E-state index contributed by atoms with van der Waals surface area (Å²) in [6, 6.07) is 9.41. The number of hydrogen-bond donors (Lipinski definition) is 6. The molecular formula is C23H28N6O6S. The molecule has 0 radical (unpaired) electrons. The highest BCUT2D eigenvalue weighted by Crippen LogP contribution is 2.23. The molecule has 1 aliphatic rings. The van der Waals surface area contributed by atoms with Crippen molar-refractivity contribution in [3.63, 3.8) is 0 Å². The molecule has 36 heavy (non-hydrogen) atoms. The van der Waals surface area contributed by atoms with Crippen molar-refractivity contribution in [3.05, 3.63) is 54.4 Å². The Bertz CT molecular complexity index is 1340. The van der Waals surface area contributed by atoms with Crippen molar-refractivity contribution in [1.29, 1.82) is 0 Å². The lowest BCUT2D eigenvalue weighted by Gasteiger charge is -2.17. The van der Waals surface area contributed by atoms with Gasteiger partial charge in [-0.1, -0.05) is 36.4 Å². The largest absolute Gasteiger partial charge is 0.480 e. The summed E-state index contributed by atoms with van der Waals surface area (Å²) in [5.41, 5.74) is 9.07. The fourth-order valence-corrected chi connectivity index (χ4v) is 5.50. The summed E-state index contributed by atoms with van der Waals surface area (Å²) in [6.07, 6.45) is 4.12. The molecule has 1 aromatic heterocycles. The zero-order chi connectivity index (χ0) is 25.7. The van der Waals surface area contributed by atoms with Gasteiger partial charge in [0.25, 0.3) is 0 Å². The van der Waals surface area contributed by atoms with E-state index in [0.717, 1.165) is 12.1 Å². The van der Waals surface area contributed by atoms with Gasteiger partial charge >= 0.3 is 5.97 Å². The summed E-state index contributed by atoms with van der Waals surface area (Å²) in [5, 5.41) is 13.3. The third-order valence-corrected chi connectivity index (χ3v) is 7.45. The van der Waals surface area contributed by atoms with E-state index in [2.05, 4.69) is 25.5 Å². The highest BCUT2D eigenvalue weighted by Gasteiger charge is 2.32. The molecule has 7 N–H and O–H groups in total. The van der Waals surface area contributed by atoms with Crippen LogP contribution < -0.4 is 21.3 Å². The van der Waals surface area contributed by atoms with Crippen LogP contribution >= 0.6 is 0 Å². The molecule has 13 heteroatoms. The maximum atomic E-state index is 13.0. The molecule has 2 heterocycles. The summed E-state index contributed by atoms with van der Waals surface area (Å²) >= 11 is 0. The maximum Gasteiger partial charge on any atom is 0.323 e. The van der Waals surface area contributed by atoms with Gasteiger partial charge < -0.3 is 21.1 Å². The number of benzene rings is 2. The Kier molecular flexibility index (Phi) is 7.84. The minimum absolute atomic E-state index is 0.0376. The van der Waals surface area contributed by atoms with Gasteiger partial charge in [-0.3, -0.25) is 14.4 Å². The molecule has 0 saturated carbocycles. The number of aliphatic carboxylic acids is 1. The first-order chi connectivity index (χ1) is 17.2. The summed E-state index contributed by atoms with van der Waals surface area (Å²) in [5.74, 6) is -1.53. The van der Waals surface area contributed by atoms with Crippen LogP contribution in [0.5, 0.6) is 0 Å². The van der Waals surface area contributed by atoms with Crippen LogP contribution in [0.25, 0.3) is 10.8 Å². The van der Waals surface area contributed by atoms with Crippen LogP contribution in [0.2, 0.25) is 0 Å². The van der Waals surface area contributed by atoms with Crippen LogP contribution in [0.1, 0.15) is 25.0 Å². The lowest BCUT2D eigenvalue weighted by Crippen LogP contribution is -2.51. The number of carboxylic acids is 1. The number of aromatic amines is 1. The summed E-state index contributed by atoms with van der Waals surface area (Å²) in [7, 11) is -4.18. The predicted molar refractivity (Wildman–Crippen MR) is 131 cm³/mol. The molecule has 0 spiro atoms. The van der Waals surface area contributed by atoms with Crippen molar-refractivity contribution in [2.24, 2.45) is 0 Å². The molecule has 1 aliphatic heterocycles. The minimum Gasteiger partial charge on any atom is -0.480 e. The number of carbonyl (C=O) groups is 2. The number of hydroxylamine groups is 1. The third kappa shape index (κ3) is 6.18. The van der Waals surface area contributed by atoms with E-state index < -0.39 is 40.5 Å². The Labute approximate surface area is 207 Å². The zero-order valence-corrected chi connectivity index (χ0v) is 20.1. The van der Waals surface area contributed by atoms with Gasteiger partial charge in [0, 0.05) is 24.5 Å². The zero-order valence-electron chi connectivity index (χ0n) is 19.3. The molecule has 1 amide bonds. The maximum absolute atomic E-state index is 13.0. The van der Waals surface area contributed by atoms with E-state index in [4.69, 9.17) is 10.6 Å². The number of fused-ring (bicyclic) bond motifs is 1. The number of rotatable bonds is 11. The summed E-state index contributed by atoms with van der Waals surface area (Å²) in [6.45, 7) is -0.429. The van der Waals surface area contributed by atoms with Crippen LogP contribution in [-0.4, -0.2) is 60.1 Å². The third-order valence-electron chi connectivity index (χ3n) is 5.92. The van der Waals surface area contributed by atoms with E-state index in [-0.39, 0.29) is 11.0 Å². The van der Waals surface area contributed by atoms with Gasteiger partial charge in [-0.25, -0.2) is 13.4 Å². The Balaban J connectivity index is 1.29. The second-order valence-corrected chi connectivity index (χ2v) is 10.2. The average molecular weight is 517 g/mol. The van der Waals surface area contributed by atoms with Gasteiger partial charge in [0.1, 0.15) is 12.1 Å². The molecular weight excluding hydrogens is 488 g/mol. The normalized spacial score (nSPS) is 18.8. The molecule has 0 bridgehead atoms. The monoisotopic (exact) mass is 516 g/mol. The Morgan fingerprint density at radius 2 is 2.00 bits per heavy atom. The lowest BCUT2D eigenvalue weighted by molar-refractivity contribution is -0.139. The Hall–Kier alpha value is -3.52. The van der Waals surface area contributed by atoms with Crippen molar-refractivity contribution in [2.75, 3.05) is 12.3 Å². The van der Waals surface area contributed by atoms with Crippen molar-refractivity contribution in [3.8, 4) is 0 Å². The molecule has 12 nitrogen and oxygen atoms in total. The van der Waals surface area contributed by atoms with Crippen molar-refractivity contribution < 1.29 is 28.0 Å². The Morgan fingerprint density at radius 1 is 1.22 bits per heavy atom. The molecule has 1 fully saturated rings. The molecule has 4 rings (SSSR count). The highest BCUT2D eigenvalue weighted by atomic mass is 32.2. The fourth-order valence-electron chi connectivity index (χ4n) is 4.08. The SMILES string of the molecule is Nc1nc(CCCC2CC(C(=O)NCC(NS(=O)(=O)c3cccc4ccccc34)C(=O)O)NO2)c[nH]1. The standard InChI is InChI=1S/C23H28N6O6S/c24-23-26-12-15(27-23)7-4-8-16-11-18(28-35-16)21(30)25-13-19(22(31)32)29-36(33,34)20-10-3-6-14-5-1-2-9-17(14)20/h1-3,5-6,9-10,12,16,18-19,28-29H,4,7-8,11,13H2,(H,25,30)(H,31,32)(H3,24,26,27). The highest BCUT2D eigenvalue weighted by molar-refractivity contribution is 7.89. The van der Waals surface area contributed by atoms with E-state index in [0.29, 0.717) is 36.0 Å². The number of anilines is 1. The number of H-pyrrole nitrogens is 1. The van der Waals surface area contributed by atoms with Gasteiger partial charge in [-0.2, -0.15) is 10.2 Å². The number of sulfonamides is 1. The van der Waals surface area contributed by atoms with Gasteiger partial charge in [-0.15, -0.1) is 0 Å². The van der Waals surface area contributed by atoms with Gasteiger partial charge in [0.05, 0.1) is 16.7 Å². The molecule has 2 aromatic carbocycles. The van der Waals surface area contributed by atoms with Gasteiger partial charge in [0.2, 0.25) is 15.9 Å². The molecule has 1 saturated heterocycles. The number of carbonyl (C=O) groups excluding carboxylic acids is 1. The number of nitrogens with two attached hydrogens (primary N) is 1. The van der Waals surface area contributed by atoms with Crippen LogP contribution in [0.15, 0.2) is 53.6 Å². The molecule has 3 unspecified atom stereocenters. The number of aromatic nitrogens is 2. The van der Waals surface area contributed by atoms with Crippen LogP contribution in [0, 0.1) is 0 Å². The van der Waals surface area contributed by atoms with E-state index in [1.807, 2.05) is 0 Å². The molecule has 192 valence electrons. The second-order valence-electron chi connectivity index (χ2n) is 8.55. The number of carboxylic acid groups (broad SMARTS) is 1. The van der Waals surface area contributed by atoms with E-state index >= 15 is 0 Å². The van der Waals surface area contributed by atoms with Crippen molar-refractivity contribution >= 4 is 38.6 Å². The van der Waals surface area contributed by atoms with Crippen molar-refractivity contribution in [1.82, 2.24) is 25.5 Å². The lowest BCUT2D eigenvalue weighted by atomic mass is 10.0. The fraction of sp³-hybridized carbons (Fsp3) is 0.348. The summed E-state index contributed by atoms with van der Waals surface area (Å²) < 4.78 is 28.1. The number of nitrogens with zero attached hydrogens (tertiary/aromatic N) is 1. The number of imidazole rings is 1. The van der Waals surface area contributed by atoms with Crippen molar-refractivity contribution in [2.45, 2.75) is 48.8 Å². The topological polar surface area (TPSA) is 189 Å². The number of nitrogens with one attached hydrogen (secondary N) is 4. The van der Waals surface area contributed by atoms with Crippen LogP contribution in [0.4, 0.5) is 5.95 Å². The second kappa shape index (κ2) is 11.0. The number of hydrogen-bond acceptors (Lipinski definition) is 8. The Morgan fingerprint density at radius 3 is 2.75 bits per heavy atom. The predicted octanol–water partition coefficient (Wildman–Crippen LogP) is 0.678. The first-order valence-corrected chi connectivity index (χ1v) is 12.9. The first kappa shape index (κ1) is 25.6. The smallest absolute Gasteiger partial charge is 0.323 e. The van der Waals surface area contributed by atoms with E-state index in [1.165, 1.54) is 6.07 Å². The average Bonchev–Trinajstić information content (AvgIpc) is 3.50. The quantitative estimate of drug-likeness (QED) is 0.213. The minimum atomic E-state index is -4.18. The number of nitrogen functional groups attached to an aromatic ring is 1. The number of aryl methyl sites for hydroxylation is 1. The van der Waals surface area contributed by atoms with Gasteiger partial charge in [-0.05, 0) is 30.7 Å². The molecule has 3 atom stereocenters. The van der Waals surface area contributed by atoms with E-state index in [1.54, 1.807) is 42.6 Å². The number of amides is 1. The molecule has 3 aromatic rings. The van der Waals surface area contributed by atoms with Crippen LogP contribution in [0.3, 0.4) is 0 Å². The van der Waals surface area contributed by atoms with E-state index in [9.17, 15) is 23.1 Å². The molecule has 0 aliphatic carbocycles. The first-order valence-electron chi connectivity index (χ1n) is 11.4. The van der Waals surface area contributed by atoms with Gasteiger partial charge in [0.15, 0.2) is 5.95 Å².